The number of rotatable bonds is 5. The highest BCUT2D eigenvalue weighted by molar-refractivity contribution is 5.87. The van der Waals surface area contributed by atoms with E-state index in [-0.39, 0.29) is 23.4 Å². The van der Waals surface area contributed by atoms with Gasteiger partial charge in [-0.2, -0.15) is 26.3 Å². The van der Waals surface area contributed by atoms with Gasteiger partial charge in [-0.1, -0.05) is 6.07 Å². The Morgan fingerprint density at radius 1 is 0.949 bits per heavy atom. The van der Waals surface area contributed by atoms with Crippen molar-refractivity contribution in [3.8, 4) is 0 Å². The van der Waals surface area contributed by atoms with Crippen LogP contribution in [0.3, 0.4) is 0 Å². The minimum atomic E-state index is -5.02. The first kappa shape index (κ1) is 29.3. The minimum Gasteiger partial charge on any atom is -0.341 e. The van der Waals surface area contributed by atoms with Crippen LogP contribution in [0.5, 0.6) is 0 Å². The Kier molecular flexibility index (Phi) is 7.81. The van der Waals surface area contributed by atoms with E-state index in [1.54, 1.807) is 20.0 Å². The van der Waals surface area contributed by atoms with E-state index in [2.05, 4.69) is 10.2 Å². The van der Waals surface area contributed by atoms with Crippen molar-refractivity contribution in [3.05, 3.63) is 70.0 Å². The number of nitrogens with zero attached hydrogens (tertiary/aromatic N) is 2. The van der Waals surface area contributed by atoms with Crippen LogP contribution in [0.2, 0.25) is 0 Å². The molecule has 11 heteroatoms. The smallest absolute Gasteiger partial charge is 0.341 e. The molecular weight excluding hydrogens is 527 g/mol. The van der Waals surface area contributed by atoms with Crippen LogP contribution in [0, 0.1) is 12.7 Å². The molecule has 2 fully saturated rings. The van der Waals surface area contributed by atoms with Gasteiger partial charge >= 0.3 is 12.4 Å². The van der Waals surface area contributed by atoms with E-state index in [4.69, 9.17) is 0 Å². The largest absolute Gasteiger partial charge is 0.416 e. The number of piperidine rings is 1. The van der Waals surface area contributed by atoms with E-state index in [1.165, 1.54) is 30.9 Å². The molecule has 0 saturated carbocycles. The molecule has 0 aliphatic carbocycles. The molecule has 0 spiro atoms. The standard InChI is InChI=1S/C28H32F7N3O/c1-16-9-20(29)5-6-22(16)23-15-38(21-13-36-14-21)8-7-24(23)37(4)25(39)26(2,3)17-10-18(27(30,31)32)12-19(11-17)28(33,34)35/h5-6,9-12,21,23-24,36H,7-8,13-15H2,1-4H3/t23-,24+/m1/s1. The Hall–Kier alpha value is -2.66. The fourth-order valence-corrected chi connectivity index (χ4v) is 5.68. The summed E-state index contributed by atoms with van der Waals surface area (Å²) in [6.45, 7) is 7.39. The fraction of sp³-hybridized carbons (Fsp3) is 0.536. The summed E-state index contributed by atoms with van der Waals surface area (Å²) in [4.78, 5) is 17.6. The first-order valence-electron chi connectivity index (χ1n) is 12.8. The zero-order valence-corrected chi connectivity index (χ0v) is 22.2. The zero-order chi connectivity index (χ0) is 28.9. The predicted octanol–water partition coefficient (Wildman–Crippen LogP) is 5.74. The number of nitrogens with one attached hydrogen (secondary N) is 1. The monoisotopic (exact) mass is 559 g/mol. The van der Waals surface area contributed by atoms with E-state index in [0.29, 0.717) is 43.2 Å². The normalized spacial score (nSPS) is 21.5. The number of hydrogen-bond acceptors (Lipinski definition) is 3. The average Bonchev–Trinajstić information content (AvgIpc) is 2.80. The number of carbonyl (C=O) groups is 1. The van der Waals surface area contributed by atoms with Crippen molar-refractivity contribution in [3.63, 3.8) is 0 Å². The lowest BCUT2D eigenvalue weighted by Crippen LogP contribution is -2.62. The summed E-state index contributed by atoms with van der Waals surface area (Å²) in [6.07, 6.45) is -9.49. The summed E-state index contributed by atoms with van der Waals surface area (Å²) < 4.78 is 95.0. The Morgan fingerprint density at radius 2 is 1.51 bits per heavy atom. The van der Waals surface area contributed by atoms with Crippen LogP contribution >= 0.6 is 0 Å². The molecule has 39 heavy (non-hydrogen) atoms. The summed E-state index contributed by atoms with van der Waals surface area (Å²) in [7, 11) is 1.54. The third-order valence-corrected chi connectivity index (χ3v) is 8.18. The predicted molar refractivity (Wildman–Crippen MR) is 133 cm³/mol. The van der Waals surface area contributed by atoms with Gasteiger partial charge in [-0.15, -0.1) is 0 Å². The third kappa shape index (κ3) is 5.94. The second-order valence-corrected chi connectivity index (χ2v) is 11.1. The molecular formula is C28H32F7N3O. The van der Waals surface area contributed by atoms with Crippen molar-refractivity contribution in [2.24, 2.45) is 0 Å². The number of likely N-dealkylation sites (N-methyl/N-ethyl adjacent to an activating group) is 1. The van der Waals surface area contributed by atoms with Crippen LogP contribution in [-0.2, 0) is 22.6 Å². The highest BCUT2D eigenvalue weighted by atomic mass is 19.4. The minimum absolute atomic E-state index is 0.0616. The number of alkyl halides is 6. The number of halogens is 7. The molecule has 2 heterocycles. The first-order valence-corrected chi connectivity index (χ1v) is 12.8. The second kappa shape index (κ2) is 10.4. The van der Waals surface area contributed by atoms with Crippen LogP contribution < -0.4 is 5.32 Å². The number of amides is 1. The van der Waals surface area contributed by atoms with Gasteiger partial charge in [0, 0.05) is 51.2 Å². The number of benzene rings is 2. The van der Waals surface area contributed by atoms with Gasteiger partial charge in [-0.25, -0.2) is 4.39 Å². The van der Waals surface area contributed by atoms with Crippen LogP contribution in [0.25, 0.3) is 0 Å². The second-order valence-electron chi connectivity index (χ2n) is 11.1. The molecule has 0 bridgehead atoms. The van der Waals surface area contributed by atoms with Crippen LogP contribution in [0.1, 0.15) is 54.0 Å². The quantitative estimate of drug-likeness (QED) is 0.475. The molecule has 4 nitrogen and oxygen atoms in total. The van der Waals surface area contributed by atoms with Crippen molar-refractivity contribution in [1.29, 1.82) is 0 Å². The van der Waals surface area contributed by atoms with Gasteiger partial charge in [0.1, 0.15) is 5.82 Å². The molecule has 0 unspecified atom stereocenters. The summed E-state index contributed by atoms with van der Waals surface area (Å²) in [5, 5.41) is 3.24. The molecule has 0 radical (unpaired) electrons. The van der Waals surface area contributed by atoms with E-state index in [0.717, 1.165) is 18.7 Å². The molecule has 2 aliphatic rings. The van der Waals surface area contributed by atoms with Gasteiger partial charge in [0.05, 0.1) is 16.5 Å². The molecule has 2 saturated heterocycles. The lowest BCUT2D eigenvalue weighted by Gasteiger charge is -2.49. The van der Waals surface area contributed by atoms with Gasteiger partial charge in [0.2, 0.25) is 5.91 Å². The Morgan fingerprint density at radius 3 is 2.00 bits per heavy atom. The first-order chi connectivity index (χ1) is 18.0. The molecule has 2 aromatic rings. The zero-order valence-electron chi connectivity index (χ0n) is 22.2. The number of likely N-dealkylation sites (tertiary alicyclic amines) is 1. The molecule has 1 amide bonds. The van der Waals surface area contributed by atoms with Crippen molar-refractivity contribution in [2.45, 2.75) is 63.0 Å². The lowest BCUT2D eigenvalue weighted by molar-refractivity contribution is -0.144. The van der Waals surface area contributed by atoms with Gasteiger partial charge < -0.3 is 10.2 Å². The van der Waals surface area contributed by atoms with Crippen LogP contribution in [0.15, 0.2) is 36.4 Å². The van der Waals surface area contributed by atoms with E-state index < -0.39 is 40.8 Å². The summed E-state index contributed by atoms with van der Waals surface area (Å²) in [6, 6.07) is 5.71. The van der Waals surface area contributed by atoms with E-state index >= 15 is 0 Å². The van der Waals surface area contributed by atoms with Gasteiger partial charge in [-0.05, 0) is 74.2 Å². The highest BCUT2D eigenvalue weighted by Crippen LogP contribution is 2.41. The van der Waals surface area contributed by atoms with Crippen molar-refractivity contribution < 1.29 is 35.5 Å². The van der Waals surface area contributed by atoms with Gasteiger partial charge in [-0.3, -0.25) is 9.69 Å². The van der Waals surface area contributed by atoms with Gasteiger partial charge in [0.15, 0.2) is 0 Å². The third-order valence-electron chi connectivity index (χ3n) is 8.18. The number of hydrogen-bond donors (Lipinski definition) is 1. The average molecular weight is 560 g/mol. The molecule has 1 N–H and O–H groups in total. The van der Waals surface area contributed by atoms with E-state index in [9.17, 15) is 35.5 Å². The number of carbonyl (C=O) groups excluding carboxylic acids is 1. The fourth-order valence-electron chi connectivity index (χ4n) is 5.68. The maximum absolute atomic E-state index is 13.9. The summed E-state index contributed by atoms with van der Waals surface area (Å²) in [5.41, 5.74) is -3.40. The maximum Gasteiger partial charge on any atom is 0.416 e. The van der Waals surface area contributed by atoms with Crippen LogP contribution in [0.4, 0.5) is 30.7 Å². The molecule has 214 valence electrons. The SMILES string of the molecule is Cc1cc(F)ccc1[C@H]1CN(C2CNC2)CC[C@@H]1N(C)C(=O)C(C)(C)c1cc(C(F)(F)F)cc(C(F)(F)F)c1. The Labute approximate surface area is 223 Å². The lowest BCUT2D eigenvalue weighted by atomic mass is 9.78. The molecule has 2 atom stereocenters. The molecule has 2 aliphatic heterocycles. The molecule has 2 aromatic carbocycles. The van der Waals surface area contributed by atoms with Crippen molar-refractivity contribution in [1.82, 2.24) is 15.1 Å². The summed E-state index contributed by atoms with van der Waals surface area (Å²) in [5.74, 6) is -1.21. The molecule has 4 rings (SSSR count). The topological polar surface area (TPSA) is 35.6 Å². The maximum atomic E-state index is 13.9. The Balaban J connectivity index is 1.70. The van der Waals surface area contributed by atoms with E-state index in [1.807, 2.05) is 0 Å². The molecule has 0 aromatic heterocycles. The van der Waals surface area contributed by atoms with Gasteiger partial charge in [0.25, 0.3) is 0 Å². The Bertz CT molecular complexity index is 1190. The van der Waals surface area contributed by atoms with Crippen molar-refractivity contribution >= 4 is 5.91 Å². The van der Waals surface area contributed by atoms with Crippen molar-refractivity contribution in [2.75, 3.05) is 33.2 Å². The van der Waals surface area contributed by atoms with Crippen LogP contribution in [-0.4, -0.2) is 61.0 Å². The summed E-state index contributed by atoms with van der Waals surface area (Å²) >= 11 is 0. The highest BCUT2D eigenvalue weighted by Gasteiger charge is 2.44. The number of aryl methyl sites for hydroxylation is 1.